The van der Waals surface area contributed by atoms with Gasteiger partial charge in [0.1, 0.15) is 0 Å². The number of hydrogen-bond donors (Lipinski definition) is 2. The molecule has 2 aromatic rings. The van der Waals surface area contributed by atoms with Gasteiger partial charge in [0.05, 0.1) is 11.3 Å². The Kier molecular flexibility index (Phi) is 5.28. The molecule has 2 amide bonds. The third kappa shape index (κ3) is 4.58. The van der Waals surface area contributed by atoms with Crippen LogP contribution in [0.2, 0.25) is 0 Å². The number of alkyl halides is 3. The highest BCUT2D eigenvalue weighted by Crippen LogP contribution is 2.30. The zero-order chi connectivity index (χ0) is 17.9. The summed E-state index contributed by atoms with van der Waals surface area (Å²) in [6, 6.07) is 9.14. The minimum absolute atomic E-state index is 0.118. The van der Waals surface area contributed by atoms with Crippen LogP contribution in [0.3, 0.4) is 0 Å². The van der Waals surface area contributed by atoms with Crippen LogP contribution in [0.1, 0.15) is 11.1 Å². The van der Waals surface area contributed by atoms with Crippen LogP contribution < -0.4 is 10.6 Å². The van der Waals surface area contributed by atoms with Crippen LogP contribution >= 0.6 is 15.9 Å². The summed E-state index contributed by atoms with van der Waals surface area (Å²) in [7, 11) is 0. The van der Waals surface area contributed by atoms with E-state index in [9.17, 15) is 22.8 Å². The molecular weight excluding hydrogens is 389 g/mol. The average molecular weight is 401 g/mol. The van der Waals surface area contributed by atoms with Gasteiger partial charge in [-0.15, -0.1) is 0 Å². The fourth-order valence-electron chi connectivity index (χ4n) is 1.86. The standard InChI is InChI=1S/C16H12BrF3N2O2/c1-9-5-6-13(12(17)7-9)22-15(24)14(23)21-11-4-2-3-10(8-11)16(18,19)20/h2-8H,1H3,(H,21,23)(H,22,24). The molecule has 4 nitrogen and oxygen atoms in total. The number of aryl methyl sites for hydroxylation is 1. The van der Waals surface area contributed by atoms with Crippen molar-refractivity contribution in [2.24, 2.45) is 0 Å². The van der Waals surface area contributed by atoms with Crippen LogP contribution in [0.5, 0.6) is 0 Å². The number of benzene rings is 2. The predicted octanol–water partition coefficient (Wildman–Crippen LogP) is 4.35. The Morgan fingerprint density at radius 3 is 2.29 bits per heavy atom. The molecule has 8 heteroatoms. The molecule has 24 heavy (non-hydrogen) atoms. The van der Waals surface area contributed by atoms with Crippen LogP contribution in [0.15, 0.2) is 46.9 Å². The second kappa shape index (κ2) is 7.04. The lowest BCUT2D eigenvalue weighted by molar-refractivity contribution is -0.137. The summed E-state index contributed by atoms with van der Waals surface area (Å²) in [5, 5.41) is 4.52. The minimum Gasteiger partial charge on any atom is -0.318 e. The summed E-state index contributed by atoms with van der Waals surface area (Å²) in [6.07, 6.45) is -4.53. The van der Waals surface area contributed by atoms with Gasteiger partial charge in [-0.2, -0.15) is 13.2 Å². The lowest BCUT2D eigenvalue weighted by atomic mass is 10.2. The van der Waals surface area contributed by atoms with Crippen molar-refractivity contribution in [2.75, 3.05) is 10.6 Å². The molecule has 0 spiro atoms. The van der Waals surface area contributed by atoms with Gasteiger partial charge in [0.2, 0.25) is 0 Å². The molecule has 2 aromatic carbocycles. The third-order valence-electron chi connectivity index (χ3n) is 3.03. The van der Waals surface area contributed by atoms with Gasteiger partial charge in [-0.05, 0) is 58.7 Å². The number of anilines is 2. The first-order valence-corrected chi connectivity index (χ1v) is 7.52. The number of nitrogens with one attached hydrogen (secondary N) is 2. The summed E-state index contributed by atoms with van der Waals surface area (Å²) in [5.74, 6) is -2.06. The van der Waals surface area contributed by atoms with Crippen molar-refractivity contribution in [1.82, 2.24) is 0 Å². The smallest absolute Gasteiger partial charge is 0.318 e. The molecule has 0 radical (unpaired) electrons. The second-order valence-corrected chi connectivity index (χ2v) is 5.82. The molecule has 0 unspecified atom stereocenters. The van der Waals surface area contributed by atoms with E-state index in [0.717, 1.165) is 23.8 Å². The highest BCUT2D eigenvalue weighted by Gasteiger charge is 2.30. The number of hydrogen-bond acceptors (Lipinski definition) is 2. The van der Waals surface area contributed by atoms with E-state index in [-0.39, 0.29) is 5.69 Å². The van der Waals surface area contributed by atoms with Crippen molar-refractivity contribution in [3.05, 3.63) is 58.1 Å². The van der Waals surface area contributed by atoms with Gasteiger partial charge in [0.25, 0.3) is 0 Å². The van der Waals surface area contributed by atoms with Crippen molar-refractivity contribution >= 4 is 39.1 Å². The molecule has 2 N–H and O–H groups in total. The van der Waals surface area contributed by atoms with Gasteiger partial charge in [-0.3, -0.25) is 9.59 Å². The average Bonchev–Trinajstić information content (AvgIpc) is 2.49. The number of rotatable bonds is 2. The number of amides is 2. The molecule has 0 aliphatic carbocycles. The molecule has 0 aliphatic heterocycles. The highest BCUT2D eigenvalue weighted by atomic mass is 79.9. The fourth-order valence-corrected chi connectivity index (χ4v) is 2.45. The van der Waals surface area contributed by atoms with Gasteiger partial charge in [0, 0.05) is 10.2 Å². The summed E-state index contributed by atoms with van der Waals surface area (Å²) < 4.78 is 38.5. The molecule has 0 heterocycles. The van der Waals surface area contributed by atoms with E-state index in [2.05, 4.69) is 26.6 Å². The van der Waals surface area contributed by atoms with Crippen molar-refractivity contribution in [3.8, 4) is 0 Å². The molecule has 0 aromatic heterocycles. The molecule has 0 fully saturated rings. The minimum atomic E-state index is -4.53. The van der Waals surface area contributed by atoms with Crippen molar-refractivity contribution in [2.45, 2.75) is 13.1 Å². The first kappa shape index (κ1) is 18.0. The number of carbonyl (C=O) groups is 2. The van der Waals surface area contributed by atoms with Gasteiger partial charge in [-0.1, -0.05) is 12.1 Å². The van der Waals surface area contributed by atoms with Crippen molar-refractivity contribution in [1.29, 1.82) is 0 Å². The molecule has 0 saturated heterocycles. The zero-order valence-corrected chi connectivity index (χ0v) is 14.0. The molecule has 0 atom stereocenters. The van der Waals surface area contributed by atoms with Gasteiger partial charge in [-0.25, -0.2) is 0 Å². The SMILES string of the molecule is Cc1ccc(NC(=O)C(=O)Nc2cccc(C(F)(F)F)c2)c(Br)c1. The van der Waals surface area contributed by atoms with E-state index in [4.69, 9.17) is 0 Å². The van der Waals surface area contributed by atoms with Crippen LogP contribution in [0, 0.1) is 6.92 Å². The zero-order valence-electron chi connectivity index (χ0n) is 12.4. The summed E-state index contributed by atoms with van der Waals surface area (Å²) in [6.45, 7) is 1.86. The van der Waals surface area contributed by atoms with Crippen LogP contribution in [0.25, 0.3) is 0 Å². The van der Waals surface area contributed by atoms with Crippen LogP contribution in [0.4, 0.5) is 24.5 Å². The first-order valence-electron chi connectivity index (χ1n) is 6.72. The van der Waals surface area contributed by atoms with Crippen LogP contribution in [-0.4, -0.2) is 11.8 Å². The Labute approximate surface area is 144 Å². The quantitative estimate of drug-likeness (QED) is 0.736. The molecule has 126 valence electrons. The highest BCUT2D eigenvalue weighted by molar-refractivity contribution is 9.10. The second-order valence-electron chi connectivity index (χ2n) is 4.97. The van der Waals surface area contributed by atoms with E-state index in [0.29, 0.717) is 10.2 Å². The van der Waals surface area contributed by atoms with Crippen molar-refractivity contribution < 1.29 is 22.8 Å². The Bertz CT molecular complexity index is 791. The fraction of sp³-hybridized carbons (Fsp3) is 0.125. The number of halogens is 4. The lowest BCUT2D eigenvalue weighted by Crippen LogP contribution is -2.29. The molecule has 0 bridgehead atoms. The van der Waals surface area contributed by atoms with Gasteiger partial charge in [0.15, 0.2) is 0 Å². The third-order valence-corrected chi connectivity index (χ3v) is 3.68. The lowest BCUT2D eigenvalue weighted by Gasteiger charge is -2.10. The predicted molar refractivity (Wildman–Crippen MR) is 87.6 cm³/mol. The topological polar surface area (TPSA) is 58.2 Å². The maximum atomic E-state index is 12.6. The van der Waals surface area contributed by atoms with E-state index >= 15 is 0 Å². The van der Waals surface area contributed by atoms with Crippen LogP contribution in [-0.2, 0) is 15.8 Å². The maximum Gasteiger partial charge on any atom is 0.416 e. The molecular formula is C16H12BrF3N2O2. The normalized spacial score (nSPS) is 11.0. The van der Waals surface area contributed by atoms with E-state index in [1.807, 2.05) is 6.92 Å². The van der Waals surface area contributed by atoms with E-state index in [1.54, 1.807) is 18.2 Å². The maximum absolute atomic E-state index is 12.6. The van der Waals surface area contributed by atoms with Crippen molar-refractivity contribution in [3.63, 3.8) is 0 Å². The molecule has 0 saturated carbocycles. The Balaban J connectivity index is 2.08. The monoisotopic (exact) mass is 400 g/mol. The summed E-state index contributed by atoms with van der Waals surface area (Å²) >= 11 is 3.25. The molecule has 2 rings (SSSR count). The molecule has 0 aliphatic rings. The Morgan fingerprint density at radius 2 is 1.67 bits per heavy atom. The summed E-state index contributed by atoms with van der Waals surface area (Å²) in [5.41, 5.74) is 0.299. The first-order chi connectivity index (χ1) is 11.2. The number of carbonyl (C=O) groups excluding carboxylic acids is 2. The van der Waals surface area contributed by atoms with E-state index in [1.165, 1.54) is 6.07 Å². The van der Waals surface area contributed by atoms with Gasteiger partial charge < -0.3 is 10.6 Å². The Hall–Kier alpha value is -2.35. The Morgan fingerprint density at radius 1 is 1.00 bits per heavy atom. The largest absolute Gasteiger partial charge is 0.416 e. The van der Waals surface area contributed by atoms with Gasteiger partial charge >= 0.3 is 18.0 Å². The van der Waals surface area contributed by atoms with E-state index < -0.39 is 23.6 Å². The summed E-state index contributed by atoms with van der Waals surface area (Å²) in [4.78, 5) is 23.7.